The molecule has 0 unspecified atom stereocenters. The van der Waals surface area contributed by atoms with Crippen LogP contribution >= 0.6 is 11.3 Å². The average molecular weight is 500 g/mol. The topological polar surface area (TPSA) is 124 Å². The molecule has 1 aromatic carbocycles. The van der Waals surface area contributed by atoms with Crippen molar-refractivity contribution in [2.75, 3.05) is 19.7 Å². The summed E-state index contributed by atoms with van der Waals surface area (Å²) in [4.78, 5) is 42.2. The zero-order chi connectivity index (χ0) is 24.7. The van der Waals surface area contributed by atoms with E-state index in [0.717, 1.165) is 25.1 Å². The van der Waals surface area contributed by atoms with Gasteiger partial charge in [-0.05, 0) is 43.5 Å². The van der Waals surface area contributed by atoms with E-state index in [1.54, 1.807) is 4.90 Å². The molecule has 1 saturated heterocycles. The smallest absolute Gasteiger partial charge is 0.484 e. The minimum atomic E-state index is -4.79. The number of hydrogen-bond acceptors (Lipinski definition) is 7. The van der Waals surface area contributed by atoms with Crippen molar-refractivity contribution in [3.8, 4) is 11.5 Å². The fourth-order valence-electron chi connectivity index (χ4n) is 3.32. The van der Waals surface area contributed by atoms with Crippen molar-refractivity contribution < 1.29 is 37.0 Å². The normalized spacial score (nSPS) is 13.7. The number of likely N-dealkylation sites (tertiary alicyclic amines) is 1. The highest BCUT2D eigenvalue weighted by Crippen LogP contribution is 2.25. The quantitative estimate of drug-likeness (QED) is 0.488. The van der Waals surface area contributed by atoms with E-state index in [0.29, 0.717) is 35.7 Å². The Kier molecular flexibility index (Phi) is 8.31. The van der Waals surface area contributed by atoms with Crippen molar-refractivity contribution in [2.24, 2.45) is 5.73 Å². The number of aryl methyl sites for hydroxylation is 1. The number of nitrogens with one attached hydrogen (secondary N) is 1. The first kappa shape index (κ1) is 25.3. The lowest BCUT2D eigenvalue weighted by atomic mass is 10.2. The fourth-order valence-corrected chi connectivity index (χ4v) is 4.38. The zero-order valence-electron chi connectivity index (χ0n) is 18.0. The number of carbonyl (C=O) groups excluding carboxylic acids is 3. The molecule has 0 saturated carbocycles. The highest BCUT2D eigenvalue weighted by molar-refractivity contribution is 7.11. The van der Waals surface area contributed by atoms with Gasteiger partial charge in [-0.2, -0.15) is 0 Å². The molecule has 34 heavy (non-hydrogen) atoms. The molecule has 1 aliphatic heterocycles. The second kappa shape index (κ2) is 11.2. The van der Waals surface area contributed by atoms with Crippen LogP contribution in [0.5, 0.6) is 11.5 Å². The summed E-state index contributed by atoms with van der Waals surface area (Å²) in [5, 5.41) is 3.09. The Bertz CT molecular complexity index is 1030. The number of nitrogens with two attached hydrogens (primary N) is 1. The number of primary amides is 1. The van der Waals surface area contributed by atoms with Gasteiger partial charge in [-0.3, -0.25) is 14.4 Å². The lowest BCUT2D eigenvalue weighted by Crippen LogP contribution is -2.28. The van der Waals surface area contributed by atoms with Gasteiger partial charge in [0.25, 0.3) is 11.8 Å². The van der Waals surface area contributed by atoms with Crippen molar-refractivity contribution in [3.05, 3.63) is 39.8 Å². The number of halogens is 3. The molecule has 1 aromatic heterocycles. The molecule has 1 aliphatic rings. The number of amides is 3. The summed E-state index contributed by atoms with van der Waals surface area (Å²) in [6, 6.07) is 4.64. The van der Waals surface area contributed by atoms with Crippen LogP contribution in [-0.4, -0.2) is 53.7 Å². The van der Waals surface area contributed by atoms with Gasteiger partial charge in [-0.25, -0.2) is 4.98 Å². The van der Waals surface area contributed by atoms with Crippen molar-refractivity contribution in [3.63, 3.8) is 0 Å². The van der Waals surface area contributed by atoms with Crippen LogP contribution in [0.1, 0.15) is 39.6 Å². The van der Waals surface area contributed by atoms with Crippen molar-refractivity contribution in [2.45, 2.75) is 38.6 Å². The van der Waals surface area contributed by atoms with E-state index in [4.69, 9.17) is 10.5 Å². The van der Waals surface area contributed by atoms with Gasteiger partial charge >= 0.3 is 6.36 Å². The summed E-state index contributed by atoms with van der Waals surface area (Å²) in [6.45, 7) is 1.02. The number of nitrogens with zero attached hydrogens (tertiary/aromatic N) is 2. The Labute approximate surface area is 197 Å². The first-order valence-electron chi connectivity index (χ1n) is 10.4. The standard InChI is InChI=1S/C21H23F3N4O5S/c22-21(23,24)33-14-7-5-13(6-8-14)32-12-16(29)26-11-17-27-19(20(25)31)15(34-17)3-1-9-28-10-2-4-18(28)30/h5-8H,1-4,9-12H2,(H2,25,31)(H,26,29). The summed E-state index contributed by atoms with van der Waals surface area (Å²) in [5.41, 5.74) is 5.57. The third kappa shape index (κ3) is 7.61. The van der Waals surface area contributed by atoms with Gasteiger partial charge in [-0.1, -0.05) is 0 Å². The zero-order valence-corrected chi connectivity index (χ0v) is 18.8. The highest BCUT2D eigenvalue weighted by atomic mass is 32.1. The molecule has 13 heteroatoms. The van der Waals surface area contributed by atoms with E-state index in [1.807, 2.05) is 0 Å². The third-order valence-corrected chi connectivity index (χ3v) is 5.96. The first-order valence-corrected chi connectivity index (χ1v) is 11.2. The van der Waals surface area contributed by atoms with Crippen LogP contribution in [-0.2, 0) is 22.6 Å². The number of benzene rings is 1. The molecule has 184 valence electrons. The molecule has 0 spiro atoms. The van der Waals surface area contributed by atoms with E-state index in [-0.39, 0.29) is 30.5 Å². The van der Waals surface area contributed by atoms with E-state index in [9.17, 15) is 27.6 Å². The van der Waals surface area contributed by atoms with Gasteiger partial charge < -0.3 is 25.4 Å². The molecule has 1 fully saturated rings. The van der Waals surface area contributed by atoms with Crippen molar-refractivity contribution >= 4 is 29.1 Å². The lowest BCUT2D eigenvalue weighted by Gasteiger charge is -2.14. The second-order valence-electron chi connectivity index (χ2n) is 7.42. The van der Waals surface area contributed by atoms with Crippen LogP contribution in [0.4, 0.5) is 13.2 Å². The molecule has 3 amide bonds. The van der Waals surface area contributed by atoms with Crippen LogP contribution in [0.15, 0.2) is 24.3 Å². The van der Waals surface area contributed by atoms with Crippen molar-refractivity contribution in [1.29, 1.82) is 0 Å². The molecule has 3 rings (SSSR count). The summed E-state index contributed by atoms with van der Waals surface area (Å²) < 4.78 is 45.5. The summed E-state index contributed by atoms with van der Waals surface area (Å²) in [5.74, 6) is -1.23. The summed E-state index contributed by atoms with van der Waals surface area (Å²) >= 11 is 1.26. The van der Waals surface area contributed by atoms with Crippen LogP contribution < -0.4 is 20.5 Å². The van der Waals surface area contributed by atoms with E-state index in [2.05, 4.69) is 15.0 Å². The Morgan fingerprint density at radius 1 is 1.21 bits per heavy atom. The summed E-state index contributed by atoms with van der Waals surface area (Å²) in [6.07, 6.45) is -2.17. The molecule has 3 N–H and O–H groups in total. The SMILES string of the molecule is NC(=O)c1nc(CNC(=O)COc2ccc(OC(F)(F)F)cc2)sc1CCCN1CCCC1=O. The Morgan fingerprint density at radius 3 is 2.53 bits per heavy atom. The van der Waals surface area contributed by atoms with Gasteiger partial charge in [0.05, 0.1) is 6.54 Å². The molecular formula is C21H23F3N4O5S. The number of hydrogen-bond donors (Lipinski definition) is 2. The Balaban J connectivity index is 1.45. The number of ether oxygens (including phenoxy) is 2. The van der Waals surface area contributed by atoms with Gasteiger partial charge in [0, 0.05) is 24.4 Å². The second-order valence-corrected chi connectivity index (χ2v) is 8.58. The lowest BCUT2D eigenvalue weighted by molar-refractivity contribution is -0.274. The minimum Gasteiger partial charge on any atom is -0.484 e. The maximum Gasteiger partial charge on any atom is 0.573 e. The molecule has 0 atom stereocenters. The Morgan fingerprint density at radius 2 is 1.91 bits per heavy atom. The van der Waals surface area contributed by atoms with Gasteiger partial charge in [-0.15, -0.1) is 24.5 Å². The third-order valence-electron chi connectivity index (χ3n) is 4.84. The number of thiazole rings is 1. The largest absolute Gasteiger partial charge is 0.573 e. The van der Waals surface area contributed by atoms with Crippen LogP contribution in [0.3, 0.4) is 0 Å². The van der Waals surface area contributed by atoms with Gasteiger partial charge in [0.15, 0.2) is 6.61 Å². The van der Waals surface area contributed by atoms with E-state index in [1.165, 1.54) is 23.5 Å². The van der Waals surface area contributed by atoms with E-state index >= 15 is 0 Å². The van der Waals surface area contributed by atoms with Gasteiger partial charge in [0.2, 0.25) is 5.91 Å². The molecular weight excluding hydrogens is 477 g/mol. The van der Waals surface area contributed by atoms with E-state index < -0.39 is 23.9 Å². The number of carbonyl (C=O) groups is 3. The highest BCUT2D eigenvalue weighted by Gasteiger charge is 2.31. The maximum absolute atomic E-state index is 12.2. The number of aromatic nitrogens is 1. The molecule has 2 heterocycles. The average Bonchev–Trinajstić information content (AvgIpc) is 3.37. The Hall–Kier alpha value is -3.35. The molecule has 2 aromatic rings. The molecule has 0 bridgehead atoms. The molecule has 0 aliphatic carbocycles. The minimum absolute atomic E-state index is 0.0517. The van der Waals surface area contributed by atoms with Crippen LogP contribution in [0.2, 0.25) is 0 Å². The van der Waals surface area contributed by atoms with Crippen LogP contribution in [0.25, 0.3) is 0 Å². The van der Waals surface area contributed by atoms with Crippen molar-refractivity contribution in [1.82, 2.24) is 15.2 Å². The molecule has 9 nitrogen and oxygen atoms in total. The summed E-state index contributed by atoms with van der Waals surface area (Å²) in [7, 11) is 0. The predicted octanol–water partition coefficient (Wildman–Crippen LogP) is 2.39. The fraction of sp³-hybridized carbons (Fsp3) is 0.429. The molecule has 0 radical (unpaired) electrons. The number of alkyl halides is 3. The maximum atomic E-state index is 12.2. The number of rotatable bonds is 11. The monoisotopic (exact) mass is 500 g/mol. The first-order chi connectivity index (χ1) is 16.1. The predicted molar refractivity (Wildman–Crippen MR) is 115 cm³/mol. The van der Waals surface area contributed by atoms with Crippen LogP contribution in [0, 0.1) is 0 Å². The van der Waals surface area contributed by atoms with Gasteiger partial charge in [0.1, 0.15) is 22.2 Å².